The van der Waals surface area contributed by atoms with E-state index in [1.54, 1.807) is 0 Å². The van der Waals surface area contributed by atoms with Crippen LogP contribution < -0.4 is 9.80 Å². The summed E-state index contributed by atoms with van der Waals surface area (Å²) in [5.41, 5.74) is -0.842. The molecule has 2 aliphatic heterocycles. The van der Waals surface area contributed by atoms with Gasteiger partial charge in [0.05, 0.1) is 11.4 Å². The summed E-state index contributed by atoms with van der Waals surface area (Å²) in [6, 6.07) is 5.78. The van der Waals surface area contributed by atoms with Crippen molar-refractivity contribution in [3.05, 3.63) is 83.5 Å². The van der Waals surface area contributed by atoms with Crippen molar-refractivity contribution in [2.45, 2.75) is 0 Å². The number of benzene rings is 2. The van der Waals surface area contributed by atoms with Crippen LogP contribution in [0.1, 0.15) is 15.9 Å². The first-order chi connectivity index (χ1) is 14.2. The number of halogens is 2. The zero-order valence-electron chi connectivity index (χ0n) is 15.0. The Morgan fingerprint density at radius 2 is 0.900 bits per heavy atom. The molecular weight excluding hydrogens is 398 g/mol. The normalized spacial score (nSPS) is 15.7. The van der Waals surface area contributed by atoms with E-state index in [2.05, 4.69) is 0 Å². The average molecular weight is 408 g/mol. The second kappa shape index (κ2) is 6.96. The predicted molar refractivity (Wildman–Crippen MR) is 99.5 cm³/mol. The summed E-state index contributed by atoms with van der Waals surface area (Å²) < 4.78 is 28.2. The highest BCUT2D eigenvalue weighted by atomic mass is 19.1. The van der Waals surface area contributed by atoms with Gasteiger partial charge >= 0.3 is 0 Å². The molecule has 0 radical (unpaired) electrons. The highest BCUT2D eigenvalue weighted by molar-refractivity contribution is 6.29. The van der Waals surface area contributed by atoms with E-state index in [0.29, 0.717) is 9.80 Å². The van der Waals surface area contributed by atoms with Gasteiger partial charge in [-0.05, 0) is 36.4 Å². The second-order valence-electron chi connectivity index (χ2n) is 6.42. The monoisotopic (exact) mass is 408 g/mol. The Balaban J connectivity index is 1.74. The predicted octanol–water partition coefficient (Wildman–Crippen LogP) is 2.05. The van der Waals surface area contributed by atoms with Crippen LogP contribution in [0.3, 0.4) is 0 Å². The Kier molecular flexibility index (Phi) is 4.42. The van der Waals surface area contributed by atoms with E-state index in [1.165, 1.54) is 0 Å². The Bertz CT molecular complexity index is 1100. The summed E-state index contributed by atoms with van der Waals surface area (Å²) in [4.78, 5) is 61.6. The highest BCUT2D eigenvalue weighted by Gasteiger charge is 2.28. The molecule has 2 aromatic rings. The molecule has 0 atom stereocenters. The molecule has 2 heterocycles. The summed E-state index contributed by atoms with van der Waals surface area (Å²) in [5, 5.41) is 0. The van der Waals surface area contributed by atoms with Crippen molar-refractivity contribution in [1.29, 1.82) is 0 Å². The summed E-state index contributed by atoms with van der Waals surface area (Å²) in [7, 11) is 0. The van der Waals surface area contributed by atoms with Gasteiger partial charge in [-0.25, -0.2) is 18.6 Å². The molecule has 0 N–H and O–H groups in total. The van der Waals surface area contributed by atoms with Crippen LogP contribution in [-0.2, 0) is 19.2 Å². The third-order valence-corrected chi connectivity index (χ3v) is 4.42. The molecule has 7 nitrogen and oxygen atoms in total. The molecular formula is C21H10F2N2O5. The number of carbonyl (C=O) groups is 5. The zero-order chi connectivity index (χ0) is 21.6. The molecule has 0 saturated carbocycles. The van der Waals surface area contributed by atoms with Crippen molar-refractivity contribution in [2.75, 3.05) is 9.80 Å². The van der Waals surface area contributed by atoms with E-state index in [-0.39, 0.29) is 22.5 Å². The Morgan fingerprint density at radius 1 is 0.567 bits per heavy atom. The molecule has 0 bridgehead atoms. The third kappa shape index (κ3) is 3.22. The molecule has 0 unspecified atom stereocenters. The Labute approximate surface area is 167 Å². The van der Waals surface area contributed by atoms with Crippen molar-refractivity contribution in [3.8, 4) is 0 Å². The summed E-state index contributed by atoms with van der Waals surface area (Å²) >= 11 is 0. The van der Waals surface area contributed by atoms with Crippen molar-refractivity contribution in [2.24, 2.45) is 0 Å². The van der Waals surface area contributed by atoms with Gasteiger partial charge in [0.1, 0.15) is 11.6 Å². The maximum absolute atomic E-state index is 14.1. The van der Waals surface area contributed by atoms with Crippen LogP contribution in [0.5, 0.6) is 0 Å². The van der Waals surface area contributed by atoms with Gasteiger partial charge in [0.15, 0.2) is 5.78 Å². The van der Waals surface area contributed by atoms with Crippen LogP contribution in [0.4, 0.5) is 20.2 Å². The lowest BCUT2D eigenvalue weighted by Gasteiger charge is -2.16. The first-order valence-corrected chi connectivity index (χ1v) is 8.53. The number of imide groups is 2. The largest absolute Gasteiger partial charge is 0.289 e. The smallest absolute Gasteiger partial charge is 0.258 e. The number of anilines is 2. The molecule has 2 aliphatic rings. The lowest BCUT2D eigenvalue weighted by Crippen LogP contribution is -2.30. The first-order valence-electron chi connectivity index (χ1n) is 8.53. The number of hydrogen-bond donors (Lipinski definition) is 0. The SMILES string of the molecule is O=C(c1cc(F)cc(N2C(=O)C=CC2=O)c1)c1cc(F)cc(N2C(=O)C=CC2=O)c1. The molecule has 0 aromatic heterocycles. The van der Waals surface area contributed by atoms with Gasteiger partial charge in [-0.15, -0.1) is 0 Å². The third-order valence-electron chi connectivity index (χ3n) is 4.42. The number of nitrogens with zero attached hydrogens (tertiary/aromatic N) is 2. The van der Waals surface area contributed by atoms with E-state index in [9.17, 15) is 32.8 Å². The fraction of sp³-hybridized carbons (Fsp3) is 0. The summed E-state index contributed by atoms with van der Waals surface area (Å²) in [6.45, 7) is 0. The number of hydrogen-bond acceptors (Lipinski definition) is 5. The molecule has 30 heavy (non-hydrogen) atoms. The quantitative estimate of drug-likeness (QED) is 0.571. The standard InChI is InChI=1S/C21H10F2N2O5/c22-13-5-11(7-15(9-13)24-17(26)1-2-18(24)27)21(30)12-6-14(23)10-16(8-12)25-19(28)3-4-20(25)29/h1-10H. The number of rotatable bonds is 4. The summed E-state index contributed by atoms with van der Waals surface area (Å²) in [5.74, 6) is -5.42. The summed E-state index contributed by atoms with van der Waals surface area (Å²) in [6.07, 6.45) is 4.02. The minimum Gasteiger partial charge on any atom is -0.289 e. The van der Waals surface area contributed by atoms with E-state index in [4.69, 9.17) is 0 Å². The highest BCUT2D eigenvalue weighted by Crippen LogP contribution is 2.26. The topological polar surface area (TPSA) is 91.8 Å². The van der Waals surface area contributed by atoms with Crippen LogP contribution in [0.25, 0.3) is 0 Å². The molecule has 4 rings (SSSR count). The molecule has 148 valence electrons. The molecule has 0 saturated heterocycles. The fourth-order valence-corrected chi connectivity index (χ4v) is 3.14. The van der Waals surface area contributed by atoms with Gasteiger partial charge in [0.2, 0.25) is 0 Å². The molecule has 0 spiro atoms. The minimum atomic E-state index is -0.894. The number of ketones is 1. The van der Waals surface area contributed by atoms with Crippen molar-refractivity contribution < 1.29 is 32.8 Å². The van der Waals surface area contributed by atoms with Crippen LogP contribution in [-0.4, -0.2) is 29.4 Å². The maximum Gasteiger partial charge on any atom is 0.258 e. The minimum absolute atomic E-state index is 0.163. The van der Waals surface area contributed by atoms with Crippen LogP contribution in [0.2, 0.25) is 0 Å². The van der Waals surface area contributed by atoms with Gasteiger partial charge in [-0.1, -0.05) is 0 Å². The van der Waals surface area contributed by atoms with E-state index >= 15 is 0 Å². The van der Waals surface area contributed by atoms with Gasteiger partial charge in [-0.3, -0.25) is 24.0 Å². The van der Waals surface area contributed by atoms with Crippen molar-refractivity contribution in [1.82, 2.24) is 0 Å². The van der Waals surface area contributed by atoms with Gasteiger partial charge in [-0.2, -0.15) is 0 Å². The van der Waals surface area contributed by atoms with Gasteiger partial charge in [0.25, 0.3) is 23.6 Å². The number of carbonyl (C=O) groups excluding carboxylic acids is 5. The molecule has 2 aromatic carbocycles. The Morgan fingerprint density at radius 3 is 1.23 bits per heavy atom. The van der Waals surface area contributed by atoms with E-state index < -0.39 is 41.0 Å². The van der Waals surface area contributed by atoms with Crippen LogP contribution in [0, 0.1) is 11.6 Å². The first kappa shape index (κ1) is 19.1. The number of amides is 4. The molecule has 0 aliphatic carbocycles. The van der Waals surface area contributed by atoms with Gasteiger partial charge in [0, 0.05) is 35.4 Å². The van der Waals surface area contributed by atoms with Crippen molar-refractivity contribution in [3.63, 3.8) is 0 Å². The lowest BCUT2D eigenvalue weighted by atomic mass is 10.0. The molecule has 4 amide bonds. The lowest BCUT2D eigenvalue weighted by molar-refractivity contribution is -0.121. The zero-order valence-corrected chi connectivity index (χ0v) is 15.0. The average Bonchev–Trinajstić information content (AvgIpc) is 3.20. The van der Waals surface area contributed by atoms with E-state index in [1.807, 2.05) is 0 Å². The van der Waals surface area contributed by atoms with Gasteiger partial charge < -0.3 is 0 Å². The maximum atomic E-state index is 14.1. The second-order valence-corrected chi connectivity index (χ2v) is 6.42. The van der Waals surface area contributed by atoms with E-state index in [0.717, 1.165) is 60.7 Å². The fourth-order valence-electron chi connectivity index (χ4n) is 3.14. The van der Waals surface area contributed by atoms with Crippen LogP contribution in [0.15, 0.2) is 60.7 Å². The van der Waals surface area contributed by atoms with Crippen molar-refractivity contribution >= 4 is 40.8 Å². The molecule has 0 fully saturated rings. The van der Waals surface area contributed by atoms with Crippen LogP contribution >= 0.6 is 0 Å². The Hall–Kier alpha value is -4.27. The molecule has 9 heteroatoms.